The van der Waals surface area contributed by atoms with Crippen molar-refractivity contribution in [1.82, 2.24) is 5.32 Å². The quantitative estimate of drug-likeness (QED) is 0.479. The molecule has 0 bridgehead atoms. The Morgan fingerprint density at radius 3 is 2.38 bits per heavy atom. The van der Waals surface area contributed by atoms with Crippen molar-refractivity contribution in [2.24, 2.45) is 0 Å². The van der Waals surface area contributed by atoms with Gasteiger partial charge in [-0.2, -0.15) is 0 Å². The minimum atomic E-state index is -0.933. The number of Topliss-reactive ketones (excluding diaryl/α,β-unsaturated/α-hetero) is 1. The number of ketones is 1. The highest BCUT2D eigenvalue weighted by molar-refractivity contribution is 5.99. The predicted octanol–water partition coefficient (Wildman–Crippen LogP) is 3.51. The van der Waals surface area contributed by atoms with Crippen LogP contribution in [0.1, 0.15) is 36.9 Å². The fraction of sp³-hybridized carbons (Fsp3) is 0.333. The van der Waals surface area contributed by atoms with E-state index in [1.807, 2.05) is 0 Å². The Bertz CT molecular complexity index is 775. The minimum absolute atomic E-state index is 0.0530. The molecule has 26 heavy (non-hydrogen) atoms. The number of rotatable bonds is 6. The van der Waals surface area contributed by atoms with Gasteiger partial charge in [-0.15, -0.1) is 0 Å². The van der Waals surface area contributed by atoms with E-state index in [0.717, 1.165) is 0 Å². The average molecular weight is 360 g/mol. The van der Waals surface area contributed by atoms with Crippen LogP contribution in [0.3, 0.4) is 0 Å². The van der Waals surface area contributed by atoms with Crippen molar-refractivity contribution in [2.45, 2.75) is 38.8 Å². The van der Waals surface area contributed by atoms with E-state index in [1.54, 1.807) is 26.8 Å². The number of alkyl carbamates (subject to hydrolysis) is 1. The third-order valence-electron chi connectivity index (χ3n) is 3.36. The Morgan fingerprint density at radius 2 is 1.88 bits per heavy atom. The van der Waals surface area contributed by atoms with E-state index < -0.39 is 28.4 Å². The standard InChI is InChI=1S/C18H20N2O6/c1-18(2,3)26-17(22)19-14(16(21)15-5-4-10-25-15)11-12-6-8-13(9-7-12)20(23)24/h4-10,14H,11H2,1-3H3,(H,19,22)/t14-/m0/s1. The van der Waals surface area contributed by atoms with Gasteiger partial charge in [0, 0.05) is 18.6 Å². The van der Waals surface area contributed by atoms with Gasteiger partial charge in [-0.1, -0.05) is 12.1 Å². The molecule has 138 valence electrons. The number of nitrogens with one attached hydrogen (secondary N) is 1. The van der Waals surface area contributed by atoms with Crippen LogP contribution < -0.4 is 5.32 Å². The summed E-state index contributed by atoms with van der Waals surface area (Å²) in [6, 6.07) is 7.91. The smallest absolute Gasteiger partial charge is 0.408 e. The number of furan rings is 1. The fourth-order valence-electron chi connectivity index (χ4n) is 2.24. The van der Waals surface area contributed by atoms with Gasteiger partial charge < -0.3 is 14.5 Å². The minimum Gasteiger partial charge on any atom is -0.461 e. The number of nitrogens with zero attached hydrogens (tertiary/aromatic N) is 1. The molecule has 0 unspecified atom stereocenters. The molecule has 0 aliphatic rings. The Balaban J connectivity index is 2.18. The number of hydrogen-bond acceptors (Lipinski definition) is 6. The molecule has 0 radical (unpaired) electrons. The number of benzene rings is 1. The van der Waals surface area contributed by atoms with Crippen molar-refractivity contribution in [3.63, 3.8) is 0 Å². The summed E-state index contributed by atoms with van der Waals surface area (Å²) in [5, 5.41) is 13.3. The first-order valence-corrected chi connectivity index (χ1v) is 7.96. The lowest BCUT2D eigenvalue weighted by atomic mass is 10.0. The molecule has 0 saturated heterocycles. The molecular formula is C18H20N2O6. The van der Waals surface area contributed by atoms with Crippen LogP contribution >= 0.6 is 0 Å². The van der Waals surface area contributed by atoms with Crippen molar-refractivity contribution in [1.29, 1.82) is 0 Å². The lowest BCUT2D eigenvalue weighted by Gasteiger charge is -2.22. The van der Waals surface area contributed by atoms with Gasteiger partial charge >= 0.3 is 6.09 Å². The molecule has 8 heteroatoms. The van der Waals surface area contributed by atoms with Gasteiger partial charge in [0.15, 0.2) is 5.76 Å². The summed E-state index contributed by atoms with van der Waals surface area (Å²) in [7, 11) is 0. The zero-order chi connectivity index (χ0) is 19.3. The van der Waals surface area contributed by atoms with Gasteiger partial charge in [-0.3, -0.25) is 14.9 Å². The first-order valence-electron chi connectivity index (χ1n) is 7.96. The maximum absolute atomic E-state index is 12.6. The molecule has 1 amide bonds. The number of hydrogen-bond donors (Lipinski definition) is 1. The molecule has 0 fully saturated rings. The Labute approximate surface area is 150 Å². The molecule has 0 aliphatic carbocycles. The second kappa shape index (κ2) is 7.81. The molecule has 2 rings (SSSR count). The lowest BCUT2D eigenvalue weighted by Crippen LogP contribution is -2.44. The van der Waals surface area contributed by atoms with E-state index in [2.05, 4.69) is 5.32 Å². The highest BCUT2D eigenvalue weighted by Crippen LogP contribution is 2.16. The molecule has 1 heterocycles. The number of non-ortho nitro benzene ring substituents is 1. The second-order valence-corrected chi connectivity index (χ2v) is 6.67. The Hall–Kier alpha value is -3.16. The van der Waals surface area contributed by atoms with Gasteiger partial charge in [-0.05, 0) is 38.5 Å². The topological polar surface area (TPSA) is 112 Å². The number of carbonyl (C=O) groups excluding carboxylic acids is 2. The van der Waals surface area contributed by atoms with Gasteiger partial charge in [0.25, 0.3) is 5.69 Å². The van der Waals surface area contributed by atoms with Crippen molar-refractivity contribution in [3.8, 4) is 0 Å². The van der Waals surface area contributed by atoms with Gasteiger partial charge in [0.2, 0.25) is 5.78 Å². The number of ether oxygens (including phenoxy) is 1. The van der Waals surface area contributed by atoms with Gasteiger partial charge in [0.05, 0.1) is 11.2 Å². The first kappa shape index (κ1) is 19.2. The molecule has 1 atom stereocenters. The van der Waals surface area contributed by atoms with Crippen LogP contribution in [0.25, 0.3) is 0 Å². The van der Waals surface area contributed by atoms with Crippen molar-refractivity contribution in [2.75, 3.05) is 0 Å². The van der Waals surface area contributed by atoms with Crippen molar-refractivity contribution in [3.05, 3.63) is 64.1 Å². The highest BCUT2D eigenvalue weighted by atomic mass is 16.6. The molecule has 8 nitrogen and oxygen atoms in total. The van der Waals surface area contributed by atoms with Crippen molar-refractivity contribution < 1.29 is 23.7 Å². The third-order valence-corrected chi connectivity index (χ3v) is 3.36. The monoisotopic (exact) mass is 360 g/mol. The first-order chi connectivity index (χ1) is 12.2. The van der Waals surface area contributed by atoms with Gasteiger partial charge in [-0.25, -0.2) is 4.79 Å². The lowest BCUT2D eigenvalue weighted by molar-refractivity contribution is -0.384. The molecule has 1 N–H and O–H groups in total. The largest absolute Gasteiger partial charge is 0.461 e. The van der Waals surface area contributed by atoms with Gasteiger partial charge in [0.1, 0.15) is 11.6 Å². The third kappa shape index (κ3) is 5.44. The SMILES string of the molecule is CC(C)(C)OC(=O)N[C@@H](Cc1ccc([N+](=O)[O-])cc1)C(=O)c1ccco1. The molecule has 0 spiro atoms. The van der Waals surface area contributed by atoms with Crippen LogP contribution in [0.2, 0.25) is 0 Å². The summed E-state index contributed by atoms with van der Waals surface area (Å²) in [4.78, 5) is 34.9. The van der Waals surface area contributed by atoms with Crippen molar-refractivity contribution >= 4 is 17.6 Å². The molecular weight excluding hydrogens is 340 g/mol. The van der Waals surface area contributed by atoms with Crippen LogP contribution in [0.4, 0.5) is 10.5 Å². The van der Waals surface area contributed by atoms with E-state index >= 15 is 0 Å². The van der Waals surface area contributed by atoms with Crippen LogP contribution in [-0.2, 0) is 11.2 Å². The molecule has 0 saturated carbocycles. The summed E-state index contributed by atoms with van der Waals surface area (Å²) in [6.07, 6.45) is 0.768. The summed E-state index contributed by atoms with van der Waals surface area (Å²) in [5.74, 6) is -0.313. The zero-order valence-corrected chi connectivity index (χ0v) is 14.7. The molecule has 1 aromatic heterocycles. The fourth-order valence-corrected chi connectivity index (χ4v) is 2.24. The van der Waals surface area contributed by atoms with E-state index in [9.17, 15) is 19.7 Å². The maximum Gasteiger partial charge on any atom is 0.408 e. The van der Waals surface area contributed by atoms with E-state index in [0.29, 0.717) is 5.56 Å². The van der Waals surface area contributed by atoms with Crippen LogP contribution in [0.5, 0.6) is 0 Å². The Kier molecular flexibility index (Phi) is 5.76. The molecule has 0 aliphatic heterocycles. The average Bonchev–Trinajstić information content (AvgIpc) is 3.06. The summed E-state index contributed by atoms with van der Waals surface area (Å²) < 4.78 is 10.3. The maximum atomic E-state index is 12.6. The van der Waals surface area contributed by atoms with Crippen LogP contribution in [0.15, 0.2) is 47.1 Å². The summed E-state index contributed by atoms with van der Waals surface area (Å²) in [5.41, 5.74) is -0.116. The number of amides is 1. The summed E-state index contributed by atoms with van der Waals surface area (Å²) in [6.45, 7) is 5.14. The molecule has 1 aromatic carbocycles. The second-order valence-electron chi connectivity index (χ2n) is 6.67. The number of nitro benzene ring substituents is 1. The van der Waals surface area contributed by atoms with Crippen LogP contribution in [-0.4, -0.2) is 28.4 Å². The normalized spacial score (nSPS) is 12.3. The van der Waals surface area contributed by atoms with E-state index in [4.69, 9.17) is 9.15 Å². The predicted molar refractivity (Wildman–Crippen MR) is 93.0 cm³/mol. The van der Waals surface area contributed by atoms with E-state index in [1.165, 1.54) is 36.6 Å². The molecule has 2 aromatic rings. The van der Waals surface area contributed by atoms with E-state index in [-0.39, 0.29) is 17.9 Å². The number of carbonyl (C=O) groups is 2. The zero-order valence-electron chi connectivity index (χ0n) is 14.7. The summed E-state index contributed by atoms with van der Waals surface area (Å²) >= 11 is 0. The van der Waals surface area contributed by atoms with Crippen LogP contribution in [0, 0.1) is 10.1 Å². The highest BCUT2D eigenvalue weighted by Gasteiger charge is 2.27. The Morgan fingerprint density at radius 1 is 1.23 bits per heavy atom. The number of nitro groups is 1.